The molecule has 0 spiro atoms. The van der Waals surface area contributed by atoms with Gasteiger partial charge in [0.25, 0.3) is 0 Å². The highest BCUT2D eigenvalue weighted by Gasteiger charge is 2.18. The first-order valence-electron chi connectivity index (χ1n) is 11.5. The van der Waals surface area contributed by atoms with Crippen LogP contribution < -0.4 is 5.73 Å². The second-order valence-electron chi connectivity index (χ2n) is 6.81. The molecule has 34 heavy (non-hydrogen) atoms. The fraction of sp³-hybridized carbons (Fsp3) is 0.185. The molecule has 0 atom stereocenters. The van der Waals surface area contributed by atoms with Crippen LogP contribution in [-0.2, 0) is 6.61 Å². The molecule has 0 amide bonds. The monoisotopic (exact) mass is 454 g/mol. The Balaban J connectivity index is 0.000000771. The van der Waals surface area contributed by atoms with E-state index in [-0.39, 0.29) is 6.61 Å². The number of hydrogen-bond acceptors (Lipinski definition) is 6. The van der Waals surface area contributed by atoms with Crippen molar-refractivity contribution in [3.05, 3.63) is 84.8 Å². The standard InChI is InChI=1S/C23H18N6O.2C2H6/c24-21-18(2-1-11-26-21)22-28-20-8-7-19(16-9-12-25-13-10-16)27-23(20)29(22)17-5-3-15(14-30)4-6-17;2*1-2/h1-13,30H,14H2,(H2,24,26);2*1-2H3. The van der Waals surface area contributed by atoms with E-state index < -0.39 is 0 Å². The molecular formula is C27H30N6O. The molecule has 0 saturated heterocycles. The number of nitrogens with zero attached hydrogens (tertiary/aromatic N) is 5. The summed E-state index contributed by atoms with van der Waals surface area (Å²) in [6.07, 6.45) is 5.14. The van der Waals surface area contributed by atoms with E-state index in [1.54, 1.807) is 18.6 Å². The van der Waals surface area contributed by atoms with E-state index in [0.29, 0.717) is 17.3 Å². The molecule has 0 aliphatic carbocycles. The number of aliphatic hydroxyl groups excluding tert-OH is 1. The third kappa shape index (κ3) is 4.94. The predicted octanol–water partition coefficient (Wildman–Crippen LogP) is 5.67. The lowest BCUT2D eigenvalue weighted by Crippen LogP contribution is -2.02. The van der Waals surface area contributed by atoms with Crippen LogP contribution in [0.5, 0.6) is 0 Å². The number of nitrogen functional groups attached to an aromatic ring is 1. The van der Waals surface area contributed by atoms with Crippen molar-refractivity contribution in [1.29, 1.82) is 0 Å². The number of rotatable bonds is 4. The van der Waals surface area contributed by atoms with Crippen molar-refractivity contribution >= 4 is 17.0 Å². The van der Waals surface area contributed by atoms with Crippen molar-refractivity contribution in [2.75, 3.05) is 5.73 Å². The Morgan fingerprint density at radius 1 is 0.824 bits per heavy atom. The van der Waals surface area contributed by atoms with E-state index >= 15 is 0 Å². The highest BCUT2D eigenvalue weighted by atomic mass is 16.3. The molecule has 0 bridgehead atoms. The van der Waals surface area contributed by atoms with Gasteiger partial charge in [-0.15, -0.1) is 0 Å². The summed E-state index contributed by atoms with van der Waals surface area (Å²) in [5.74, 6) is 1.06. The average Bonchev–Trinajstić information content (AvgIpc) is 3.30. The zero-order chi connectivity index (χ0) is 24.5. The summed E-state index contributed by atoms with van der Waals surface area (Å²) < 4.78 is 1.97. The highest BCUT2D eigenvalue weighted by Crippen LogP contribution is 2.31. The first-order valence-corrected chi connectivity index (χ1v) is 11.5. The van der Waals surface area contributed by atoms with Crippen molar-refractivity contribution in [2.45, 2.75) is 34.3 Å². The highest BCUT2D eigenvalue weighted by molar-refractivity contribution is 5.84. The first-order chi connectivity index (χ1) is 16.7. The number of anilines is 1. The number of hydrogen-bond donors (Lipinski definition) is 2. The van der Waals surface area contributed by atoms with Crippen LogP contribution >= 0.6 is 0 Å². The van der Waals surface area contributed by atoms with Gasteiger partial charge in [0, 0.05) is 29.8 Å². The molecule has 7 heteroatoms. The molecule has 0 unspecified atom stereocenters. The van der Waals surface area contributed by atoms with Crippen LogP contribution in [-0.4, -0.2) is 29.6 Å². The van der Waals surface area contributed by atoms with Gasteiger partial charge in [-0.25, -0.2) is 15.0 Å². The third-order valence-corrected chi connectivity index (χ3v) is 4.94. The van der Waals surface area contributed by atoms with E-state index in [9.17, 15) is 5.11 Å². The van der Waals surface area contributed by atoms with Crippen LogP contribution in [0.3, 0.4) is 0 Å². The number of pyridine rings is 3. The minimum Gasteiger partial charge on any atom is -0.392 e. The molecule has 4 aromatic heterocycles. The number of aliphatic hydroxyl groups is 1. The van der Waals surface area contributed by atoms with Crippen molar-refractivity contribution in [3.8, 4) is 28.3 Å². The first kappa shape index (κ1) is 24.5. The maximum Gasteiger partial charge on any atom is 0.165 e. The molecule has 7 nitrogen and oxygen atoms in total. The molecule has 1 aromatic carbocycles. The summed E-state index contributed by atoms with van der Waals surface area (Å²) in [5.41, 5.74) is 11.8. The molecule has 0 aliphatic heterocycles. The summed E-state index contributed by atoms with van der Waals surface area (Å²) >= 11 is 0. The van der Waals surface area contributed by atoms with Crippen LogP contribution in [0.4, 0.5) is 5.82 Å². The average molecular weight is 455 g/mol. The smallest absolute Gasteiger partial charge is 0.165 e. The zero-order valence-electron chi connectivity index (χ0n) is 20.0. The molecule has 5 aromatic rings. The second kappa shape index (κ2) is 11.7. The fourth-order valence-corrected chi connectivity index (χ4v) is 3.42. The predicted molar refractivity (Wildman–Crippen MR) is 138 cm³/mol. The second-order valence-corrected chi connectivity index (χ2v) is 6.81. The van der Waals surface area contributed by atoms with E-state index in [1.807, 2.05) is 92.9 Å². The quantitative estimate of drug-likeness (QED) is 0.363. The molecular weight excluding hydrogens is 424 g/mol. The number of imidazole rings is 1. The molecule has 4 heterocycles. The lowest BCUT2D eigenvalue weighted by atomic mass is 10.2. The van der Waals surface area contributed by atoms with Gasteiger partial charge in [-0.1, -0.05) is 39.8 Å². The number of fused-ring (bicyclic) bond motifs is 1. The van der Waals surface area contributed by atoms with Gasteiger partial charge in [0.05, 0.1) is 17.9 Å². The molecule has 0 radical (unpaired) electrons. The largest absolute Gasteiger partial charge is 0.392 e. The van der Waals surface area contributed by atoms with Gasteiger partial charge in [0.1, 0.15) is 11.3 Å². The van der Waals surface area contributed by atoms with Crippen LogP contribution in [0.2, 0.25) is 0 Å². The molecule has 174 valence electrons. The minimum atomic E-state index is -0.0161. The van der Waals surface area contributed by atoms with E-state index in [1.165, 1.54) is 0 Å². The SMILES string of the molecule is CC.CC.Nc1ncccc1-c1nc2ccc(-c3ccncc3)nc2n1-c1ccc(CO)cc1. The summed E-state index contributed by atoms with van der Waals surface area (Å²) in [4.78, 5) is 18.0. The minimum absolute atomic E-state index is 0.0161. The van der Waals surface area contributed by atoms with Gasteiger partial charge in [-0.3, -0.25) is 9.55 Å². The molecule has 0 aliphatic rings. The zero-order valence-corrected chi connectivity index (χ0v) is 20.0. The Labute approximate surface area is 200 Å². The van der Waals surface area contributed by atoms with Crippen LogP contribution in [0.15, 0.2) is 79.3 Å². The van der Waals surface area contributed by atoms with Gasteiger partial charge >= 0.3 is 0 Å². The van der Waals surface area contributed by atoms with Gasteiger partial charge < -0.3 is 10.8 Å². The Hall–Kier alpha value is -4.10. The maximum atomic E-state index is 9.40. The normalized spacial score (nSPS) is 10.1. The topological polar surface area (TPSA) is 103 Å². The van der Waals surface area contributed by atoms with E-state index in [2.05, 4.69) is 9.97 Å². The Morgan fingerprint density at radius 2 is 1.53 bits per heavy atom. The fourth-order valence-electron chi connectivity index (χ4n) is 3.42. The number of benzene rings is 1. The van der Waals surface area contributed by atoms with Crippen LogP contribution in [0.1, 0.15) is 33.3 Å². The van der Waals surface area contributed by atoms with E-state index in [4.69, 9.17) is 15.7 Å². The van der Waals surface area contributed by atoms with Crippen molar-refractivity contribution in [1.82, 2.24) is 24.5 Å². The summed E-state index contributed by atoms with van der Waals surface area (Å²) in [6.45, 7) is 7.98. The number of aromatic nitrogens is 5. The molecule has 0 saturated carbocycles. The molecule has 5 rings (SSSR count). The maximum absolute atomic E-state index is 9.40. The Morgan fingerprint density at radius 3 is 2.18 bits per heavy atom. The van der Waals surface area contributed by atoms with Crippen molar-refractivity contribution < 1.29 is 5.11 Å². The molecule has 3 N–H and O–H groups in total. The third-order valence-electron chi connectivity index (χ3n) is 4.94. The summed E-state index contributed by atoms with van der Waals surface area (Å²) in [6, 6.07) is 19.1. The van der Waals surface area contributed by atoms with Crippen LogP contribution in [0, 0.1) is 0 Å². The van der Waals surface area contributed by atoms with Gasteiger partial charge in [0.15, 0.2) is 11.5 Å². The van der Waals surface area contributed by atoms with Crippen molar-refractivity contribution in [2.24, 2.45) is 0 Å². The lowest BCUT2D eigenvalue weighted by molar-refractivity contribution is 0.282. The van der Waals surface area contributed by atoms with Gasteiger partial charge in [-0.2, -0.15) is 0 Å². The van der Waals surface area contributed by atoms with Gasteiger partial charge in [0.2, 0.25) is 0 Å². The lowest BCUT2D eigenvalue weighted by Gasteiger charge is -2.11. The number of nitrogens with two attached hydrogens (primary N) is 1. The Bertz CT molecular complexity index is 1330. The summed E-state index contributed by atoms with van der Waals surface area (Å²) in [7, 11) is 0. The summed E-state index contributed by atoms with van der Waals surface area (Å²) in [5, 5.41) is 9.40. The Kier molecular flexibility index (Phi) is 8.43. The van der Waals surface area contributed by atoms with Crippen LogP contribution in [0.25, 0.3) is 39.5 Å². The van der Waals surface area contributed by atoms with Crippen molar-refractivity contribution in [3.63, 3.8) is 0 Å². The molecule has 0 fully saturated rings. The van der Waals surface area contributed by atoms with E-state index in [0.717, 1.165) is 33.6 Å². The van der Waals surface area contributed by atoms with Gasteiger partial charge in [-0.05, 0) is 54.1 Å².